The van der Waals surface area contributed by atoms with Gasteiger partial charge in [-0.15, -0.1) is 0 Å². The highest BCUT2D eigenvalue weighted by molar-refractivity contribution is 9.10. The third kappa shape index (κ3) is 1.83. The van der Waals surface area contributed by atoms with E-state index >= 15 is 0 Å². The Bertz CT molecular complexity index is 560. The highest BCUT2D eigenvalue weighted by Crippen LogP contribution is 2.30. The molecule has 1 aromatic carbocycles. The summed E-state index contributed by atoms with van der Waals surface area (Å²) in [6.45, 7) is 2.15. The molecule has 2 aromatic rings. The lowest BCUT2D eigenvalue weighted by atomic mass is 10.1. The first-order valence-electron chi connectivity index (χ1n) is 5.58. The average molecular weight is 296 g/mol. The summed E-state index contributed by atoms with van der Waals surface area (Å²) >= 11 is 3.49. The highest BCUT2D eigenvalue weighted by atomic mass is 79.9. The summed E-state index contributed by atoms with van der Waals surface area (Å²) < 4.78 is 8.31. The van der Waals surface area contributed by atoms with Gasteiger partial charge in [-0.05, 0) is 29.0 Å². The maximum atomic E-state index is 5.28. The van der Waals surface area contributed by atoms with Gasteiger partial charge in [0.1, 0.15) is 5.75 Å². The number of rotatable bonds is 2. The molecule has 0 aliphatic carbocycles. The number of likely N-dealkylation sites (N-methyl/N-ethyl adjacent to an activating group) is 1. The molecule has 0 amide bonds. The molecule has 0 saturated carbocycles. The van der Waals surface area contributed by atoms with Crippen LogP contribution in [-0.2, 0) is 0 Å². The van der Waals surface area contributed by atoms with E-state index in [-0.39, 0.29) is 0 Å². The first kappa shape index (κ1) is 11.0. The van der Waals surface area contributed by atoms with Crippen LogP contribution in [0.4, 0.5) is 0 Å². The van der Waals surface area contributed by atoms with Crippen LogP contribution < -0.4 is 4.74 Å². The fourth-order valence-electron chi connectivity index (χ4n) is 2.22. The fourth-order valence-corrected chi connectivity index (χ4v) is 2.74. The van der Waals surface area contributed by atoms with Gasteiger partial charge in [-0.1, -0.05) is 0 Å². The zero-order valence-corrected chi connectivity index (χ0v) is 11.4. The summed E-state index contributed by atoms with van der Waals surface area (Å²) in [5, 5.41) is 5.75. The zero-order valence-electron chi connectivity index (χ0n) is 9.85. The van der Waals surface area contributed by atoms with Gasteiger partial charge in [0.2, 0.25) is 0 Å². The van der Waals surface area contributed by atoms with E-state index in [9.17, 15) is 0 Å². The summed E-state index contributed by atoms with van der Waals surface area (Å²) in [6.07, 6.45) is 2.11. The standard InChI is InChI=1S/C12H14BrN3O/c1-15-6-9(7-15)16-5-8-3-10(13)12(17-2)4-11(8)14-16/h3-5,9H,6-7H2,1-2H3. The Morgan fingerprint density at radius 3 is 2.82 bits per heavy atom. The van der Waals surface area contributed by atoms with E-state index in [1.54, 1.807) is 7.11 Å². The number of benzene rings is 1. The molecule has 1 fully saturated rings. The Morgan fingerprint density at radius 2 is 2.18 bits per heavy atom. The molecule has 0 radical (unpaired) electrons. The van der Waals surface area contributed by atoms with Gasteiger partial charge in [0, 0.05) is 30.7 Å². The number of aromatic nitrogens is 2. The lowest BCUT2D eigenvalue weighted by Crippen LogP contribution is -2.45. The number of hydrogen-bond acceptors (Lipinski definition) is 3. The molecule has 2 heterocycles. The van der Waals surface area contributed by atoms with Crippen molar-refractivity contribution in [1.29, 1.82) is 0 Å². The second-order valence-electron chi connectivity index (χ2n) is 4.53. The number of hydrogen-bond donors (Lipinski definition) is 0. The van der Waals surface area contributed by atoms with Crippen LogP contribution in [0, 0.1) is 0 Å². The number of likely N-dealkylation sites (tertiary alicyclic amines) is 1. The first-order chi connectivity index (χ1) is 8.17. The molecular weight excluding hydrogens is 282 g/mol. The van der Waals surface area contributed by atoms with Gasteiger partial charge in [0.05, 0.1) is 23.1 Å². The molecule has 0 N–H and O–H groups in total. The Hall–Kier alpha value is -1.07. The quantitative estimate of drug-likeness (QED) is 0.852. The average Bonchev–Trinajstić information content (AvgIpc) is 2.65. The van der Waals surface area contributed by atoms with Crippen LogP contribution >= 0.6 is 15.9 Å². The maximum Gasteiger partial charge on any atom is 0.135 e. The van der Waals surface area contributed by atoms with Gasteiger partial charge >= 0.3 is 0 Å². The second kappa shape index (κ2) is 3.99. The molecule has 0 unspecified atom stereocenters. The van der Waals surface area contributed by atoms with Gasteiger partial charge in [-0.2, -0.15) is 5.10 Å². The Kier molecular flexibility index (Phi) is 2.60. The van der Waals surface area contributed by atoms with Crippen molar-refractivity contribution in [2.24, 2.45) is 0 Å². The number of methoxy groups -OCH3 is 1. The van der Waals surface area contributed by atoms with E-state index in [1.165, 1.54) is 0 Å². The van der Waals surface area contributed by atoms with Crippen LogP contribution in [0.15, 0.2) is 22.8 Å². The van der Waals surface area contributed by atoms with Gasteiger partial charge in [0.15, 0.2) is 0 Å². The molecule has 0 spiro atoms. The molecule has 1 aliphatic heterocycles. The molecule has 0 bridgehead atoms. The van der Waals surface area contributed by atoms with Crippen molar-refractivity contribution in [1.82, 2.24) is 14.7 Å². The third-order valence-electron chi connectivity index (χ3n) is 3.21. The monoisotopic (exact) mass is 295 g/mol. The first-order valence-corrected chi connectivity index (χ1v) is 6.37. The predicted molar refractivity (Wildman–Crippen MR) is 70.5 cm³/mol. The number of nitrogens with zero attached hydrogens (tertiary/aromatic N) is 3. The lowest BCUT2D eigenvalue weighted by Gasteiger charge is -2.36. The SMILES string of the molecule is COc1cc2nn(C3CN(C)C3)cc2cc1Br. The number of halogens is 1. The molecule has 3 rings (SSSR count). The van der Waals surface area contributed by atoms with E-state index in [0.717, 1.165) is 34.2 Å². The minimum Gasteiger partial charge on any atom is -0.495 e. The van der Waals surface area contributed by atoms with Gasteiger partial charge < -0.3 is 9.64 Å². The molecule has 17 heavy (non-hydrogen) atoms. The van der Waals surface area contributed by atoms with Crippen LogP contribution in [0.1, 0.15) is 6.04 Å². The molecule has 90 valence electrons. The van der Waals surface area contributed by atoms with Crippen LogP contribution in [-0.4, -0.2) is 41.9 Å². The maximum absolute atomic E-state index is 5.28. The summed E-state index contributed by atoms with van der Waals surface area (Å²) in [5.41, 5.74) is 0.986. The van der Waals surface area contributed by atoms with Crippen molar-refractivity contribution in [3.8, 4) is 5.75 Å². The van der Waals surface area contributed by atoms with Crippen LogP contribution in [0.5, 0.6) is 5.75 Å². The lowest BCUT2D eigenvalue weighted by molar-refractivity contribution is 0.131. The molecular formula is C12H14BrN3O. The summed E-state index contributed by atoms with van der Waals surface area (Å²) in [5.74, 6) is 0.827. The van der Waals surface area contributed by atoms with Crippen LogP contribution in [0.3, 0.4) is 0 Å². The molecule has 1 saturated heterocycles. The topological polar surface area (TPSA) is 30.3 Å². The zero-order chi connectivity index (χ0) is 12.0. The fraction of sp³-hybridized carbons (Fsp3) is 0.417. The molecule has 5 heteroatoms. The van der Waals surface area contributed by atoms with E-state index in [4.69, 9.17) is 4.74 Å². The van der Waals surface area contributed by atoms with E-state index < -0.39 is 0 Å². The highest BCUT2D eigenvalue weighted by Gasteiger charge is 2.25. The summed E-state index contributed by atoms with van der Waals surface area (Å²) in [6, 6.07) is 4.54. The van der Waals surface area contributed by atoms with E-state index in [1.807, 2.05) is 6.07 Å². The van der Waals surface area contributed by atoms with Gasteiger partial charge in [-0.25, -0.2) is 0 Å². The van der Waals surface area contributed by atoms with Crippen molar-refractivity contribution in [3.05, 3.63) is 22.8 Å². The summed E-state index contributed by atoms with van der Waals surface area (Å²) in [4.78, 5) is 2.29. The molecule has 1 aliphatic rings. The van der Waals surface area contributed by atoms with Crippen molar-refractivity contribution in [2.45, 2.75) is 6.04 Å². The van der Waals surface area contributed by atoms with Crippen molar-refractivity contribution in [3.63, 3.8) is 0 Å². The third-order valence-corrected chi connectivity index (χ3v) is 3.83. The van der Waals surface area contributed by atoms with Crippen molar-refractivity contribution in [2.75, 3.05) is 27.2 Å². The smallest absolute Gasteiger partial charge is 0.135 e. The van der Waals surface area contributed by atoms with E-state index in [0.29, 0.717) is 6.04 Å². The summed E-state index contributed by atoms with van der Waals surface area (Å²) in [7, 11) is 3.79. The molecule has 0 atom stereocenters. The molecule has 1 aromatic heterocycles. The van der Waals surface area contributed by atoms with Crippen molar-refractivity contribution < 1.29 is 4.74 Å². The minimum absolute atomic E-state index is 0.511. The van der Waals surface area contributed by atoms with Crippen LogP contribution in [0.2, 0.25) is 0 Å². The van der Waals surface area contributed by atoms with Crippen molar-refractivity contribution >= 4 is 26.8 Å². The molecule has 4 nitrogen and oxygen atoms in total. The van der Waals surface area contributed by atoms with Crippen LogP contribution in [0.25, 0.3) is 10.9 Å². The number of fused-ring (bicyclic) bond motifs is 1. The minimum atomic E-state index is 0.511. The Labute approximate surface area is 108 Å². The predicted octanol–water partition coefficient (Wildman–Crippen LogP) is 2.29. The normalized spacial score (nSPS) is 17.4. The Balaban J connectivity index is 2.01. The second-order valence-corrected chi connectivity index (χ2v) is 5.38. The van der Waals surface area contributed by atoms with E-state index in [2.05, 4.69) is 49.9 Å². The largest absolute Gasteiger partial charge is 0.495 e. The number of ether oxygens (including phenoxy) is 1. The van der Waals surface area contributed by atoms with Gasteiger partial charge in [-0.3, -0.25) is 4.68 Å². The van der Waals surface area contributed by atoms with Gasteiger partial charge in [0.25, 0.3) is 0 Å². The Morgan fingerprint density at radius 1 is 1.41 bits per heavy atom.